The maximum atomic E-state index is 14.1. The average molecular weight is 536 g/mol. The summed E-state index contributed by atoms with van der Waals surface area (Å²) >= 11 is 0. The molecule has 14 heteroatoms. The topological polar surface area (TPSA) is 20.2 Å². The van der Waals surface area contributed by atoms with Crippen LogP contribution in [0.4, 0.5) is 52.7 Å². The fraction of sp³-hybridized carbons (Fsp3) is 0.700. The highest BCUT2D eigenvalue weighted by atomic mass is 28.3. The molecule has 198 valence electrons. The number of aliphatic hydroxyl groups is 1. The summed E-state index contributed by atoms with van der Waals surface area (Å²) in [4.78, 5) is 0. The van der Waals surface area contributed by atoms with Crippen LogP contribution in [0, 0.1) is 0 Å². The van der Waals surface area contributed by atoms with Crippen molar-refractivity contribution < 1.29 is 57.8 Å². The maximum Gasteiger partial charge on any atom is 0.430 e. The second-order valence-corrected chi connectivity index (χ2v) is 14.9. The van der Waals surface area contributed by atoms with Gasteiger partial charge in [-0.05, 0) is 33.9 Å². The fourth-order valence-electron chi connectivity index (χ4n) is 5.12. The Kier molecular flexibility index (Phi) is 8.00. The molecule has 0 aliphatic heterocycles. The third kappa shape index (κ3) is 4.80. The molecule has 0 unspecified atom stereocenters. The Labute approximate surface area is 189 Å². The summed E-state index contributed by atoms with van der Waals surface area (Å²) in [6, 6.07) is -1.28. The molecule has 0 saturated carbocycles. The number of hydrogen-bond donors (Lipinski definition) is 1. The molecule has 0 atom stereocenters. The van der Waals surface area contributed by atoms with Gasteiger partial charge in [0.1, 0.15) is 0 Å². The zero-order valence-corrected chi connectivity index (χ0v) is 19.9. The number of halogens is 12. The Morgan fingerprint density at radius 2 is 0.853 bits per heavy atom. The van der Waals surface area contributed by atoms with Crippen LogP contribution in [-0.4, -0.2) is 25.5 Å². The largest absolute Gasteiger partial charge is 0.430 e. The SMILES string of the molecule is CC(C)[Si](c1c(C(F)(F)F)cc(C(O)(C(F)(F)F)C(F)(F)F)cc1C(F)(F)F)(C(C)C)C(C)C. The van der Waals surface area contributed by atoms with Crippen LogP contribution in [0.2, 0.25) is 16.6 Å². The molecule has 0 aliphatic carbocycles. The van der Waals surface area contributed by atoms with Crippen molar-refractivity contribution in [3.8, 4) is 0 Å². The van der Waals surface area contributed by atoms with Crippen molar-refractivity contribution in [3.05, 3.63) is 28.8 Å². The molecule has 0 heterocycles. The number of rotatable bonds is 5. The zero-order valence-electron chi connectivity index (χ0n) is 18.9. The summed E-state index contributed by atoms with van der Waals surface area (Å²) in [6.07, 6.45) is -24.8. The number of hydrogen-bond acceptors (Lipinski definition) is 1. The van der Waals surface area contributed by atoms with Crippen LogP contribution >= 0.6 is 0 Å². The molecule has 0 aromatic heterocycles. The van der Waals surface area contributed by atoms with E-state index >= 15 is 0 Å². The van der Waals surface area contributed by atoms with E-state index in [2.05, 4.69) is 0 Å². The smallest absolute Gasteiger partial charge is 0.369 e. The Hall–Kier alpha value is -1.44. The maximum absolute atomic E-state index is 14.1. The van der Waals surface area contributed by atoms with E-state index in [1.165, 1.54) is 41.5 Å². The van der Waals surface area contributed by atoms with Crippen LogP contribution in [0.25, 0.3) is 0 Å². The van der Waals surface area contributed by atoms with Gasteiger partial charge in [0.25, 0.3) is 5.60 Å². The van der Waals surface area contributed by atoms with Gasteiger partial charge in [-0.3, -0.25) is 0 Å². The fourth-order valence-corrected chi connectivity index (χ4v) is 12.2. The minimum absolute atomic E-state index is 0.638. The third-order valence-corrected chi connectivity index (χ3v) is 13.4. The Balaban J connectivity index is 4.57. The summed E-state index contributed by atoms with van der Waals surface area (Å²) in [7, 11) is -3.97. The number of alkyl halides is 12. The van der Waals surface area contributed by atoms with Crippen LogP contribution in [0.5, 0.6) is 0 Å². The lowest BCUT2D eigenvalue weighted by atomic mass is 9.89. The van der Waals surface area contributed by atoms with Crippen LogP contribution < -0.4 is 5.19 Å². The van der Waals surface area contributed by atoms with E-state index in [0.717, 1.165) is 0 Å². The molecule has 1 N–H and O–H groups in total. The van der Waals surface area contributed by atoms with E-state index in [1.54, 1.807) is 0 Å². The van der Waals surface area contributed by atoms with Crippen molar-refractivity contribution >= 4 is 13.3 Å². The summed E-state index contributed by atoms with van der Waals surface area (Å²) in [5.74, 6) is 0. The van der Waals surface area contributed by atoms with E-state index in [1.807, 2.05) is 0 Å². The standard InChI is InChI=1S/C20H24F12OSi/c1-9(2)34(10(3)4,11(5)6)15-13(17(21,22)23)7-12(8-14(15)18(24,25)26)16(33,19(27,28)29)20(30,31)32/h7-11,33H,1-6H3. The first-order valence-corrected chi connectivity index (χ1v) is 12.2. The minimum atomic E-state index is -6.67. The second kappa shape index (κ2) is 8.89. The molecule has 1 nitrogen and oxygen atoms in total. The molecule has 0 bridgehead atoms. The van der Waals surface area contributed by atoms with Crippen LogP contribution in [0.3, 0.4) is 0 Å². The van der Waals surface area contributed by atoms with Gasteiger partial charge < -0.3 is 5.11 Å². The van der Waals surface area contributed by atoms with Gasteiger partial charge in [0.05, 0.1) is 19.2 Å². The summed E-state index contributed by atoms with van der Waals surface area (Å²) in [6.45, 7) is 8.26. The molecule has 1 aromatic rings. The molecular weight excluding hydrogens is 512 g/mol. The molecule has 0 amide bonds. The first-order chi connectivity index (χ1) is 14.8. The van der Waals surface area contributed by atoms with Gasteiger partial charge >= 0.3 is 24.7 Å². The Morgan fingerprint density at radius 3 is 1.03 bits per heavy atom. The van der Waals surface area contributed by atoms with E-state index in [9.17, 15) is 57.8 Å². The van der Waals surface area contributed by atoms with Crippen LogP contribution in [-0.2, 0) is 18.0 Å². The van der Waals surface area contributed by atoms with Crippen LogP contribution in [0.15, 0.2) is 12.1 Å². The zero-order chi connectivity index (χ0) is 27.5. The molecule has 0 fully saturated rings. The molecule has 0 aliphatic rings. The Bertz CT molecular complexity index is 805. The van der Waals surface area contributed by atoms with E-state index < -0.39 is 89.0 Å². The molecular formula is C20H24F12OSi. The van der Waals surface area contributed by atoms with Crippen molar-refractivity contribution in [2.75, 3.05) is 0 Å². The Morgan fingerprint density at radius 1 is 0.588 bits per heavy atom. The van der Waals surface area contributed by atoms with Gasteiger partial charge in [0.2, 0.25) is 0 Å². The summed E-state index contributed by atoms with van der Waals surface area (Å²) in [5, 5.41) is 8.27. The van der Waals surface area contributed by atoms with Crippen molar-refractivity contribution in [2.24, 2.45) is 0 Å². The normalized spacial score (nSPS) is 15.1. The molecule has 34 heavy (non-hydrogen) atoms. The average Bonchev–Trinajstić information content (AvgIpc) is 2.56. The minimum Gasteiger partial charge on any atom is -0.369 e. The van der Waals surface area contributed by atoms with Crippen molar-refractivity contribution in [1.29, 1.82) is 0 Å². The van der Waals surface area contributed by atoms with Gasteiger partial charge in [-0.15, -0.1) is 0 Å². The lowest BCUT2D eigenvalue weighted by Crippen LogP contribution is -2.60. The van der Waals surface area contributed by atoms with E-state index in [-0.39, 0.29) is 0 Å². The highest BCUT2D eigenvalue weighted by molar-refractivity contribution is 6.95. The van der Waals surface area contributed by atoms with Gasteiger partial charge in [-0.2, -0.15) is 52.7 Å². The third-order valence-electron chi connectivity index (χ3n) is 6.29. The molecule has 0 spiro atoms. The molecule has 1 aromatic carbocycles. The monoisotopic (exact) mass is 536 g/mol. The lowest BCUT2D eigenvalue weighted by molar-refractivity contribution is -0.376. The van der Waals surface area contributed by atoms with Crippen molar-refractivity contribution in [3.63, 3.8) is 0 Å². The van der Waals surface area contributed by atoms with Gasteiger partial charge in [-0.1, -0.05) is 41.5 Å². The lowest BCUT2D eigenvalue weighted by Gasteiger charge is -2.46. The van der Waals surface area contributed by atoms with Gasteiger partial charge in [0, 0.05) is 5.56 Å². The number of benzene rings is 1. The van der Waals surface area contributed by atoms with Crippen molar-refractivity contribution in [2.45, 2.75) is 88.5 Å². The van der Waals surface area contributed by atoms with Gasteiger partial charge in [-0.25, -0.2) is 0 Å². The first-order valence-electron chi connectivity index (χ1n) is 9.98. The predicted octanol–water partition coefficient (Wildman–Crippen LogP) is 7.92. The quantitative estimate of drug-likeness (QED) is 0.300. The van der Waals surface area contributed by atoms with Crippen LogP contribution in [0.1, 0.15) is 58.2 Å². The first kappa shape index (κ1) is 30.6. The molecule has 0 radical (unpaired) electrons. The van der Waals surface area contributed by atoms with E-state index in [4.69, 9.17) is 0 Å². The van der Waals surface area contributed by atoms with Gasteiger partial charge in [0.15, 0.2) is 0 Å². The summed E-state index contributed by atoms with van der Waals surface area (Å²) < 4.78 is 165. The molecule has 1 rings (SSSR count). The van der Waals surface area contributed by atoms with E-state index in [0.29, 0.717) is 0 Å². The second-order valence-electron chi connectivity index (χ2n) is 9.04. The van der Waals surface area contributed by atoms with Crippen molar-refractivity contribution in [1.82, 2.24) is 0 Å². The highest BCUT2D eigenvalue weighted by Crippen LogP contribution is 2.53. The summed E-state index contributed by atoms with van der Waals surface area (Å²) in [5.41, 5.74) is -15.5. The highest BCUT2D eigenvalue weighted by Gasteiger charge is 2.72. The molecule has 0 saturated heterocycles. The predicted molar refractivity (Wildman–Crippen MR) is 103 cm³/mol.